The molecule has 0 aromatic heterocycles. The first-order valence-corrected chi connectivity index (χ1v) is 15.8. The number of rotatable bonds is 26. The van der Waals surface area contributed by atoms with Crippen LogP contribution >= 0.6 is 0 Å². The van der Waals surface area contributed by atoms with Crippen LogP contribution in [0, 0.1) is 0 Å². The molecule has 0 aliphatic heterocycles. The predicted octanol–water partition coefficient (Wildman–Crippen LogP) is 10.4. The summed E-state index contributed by atoms with van der Waals surface area (Å²) in [4.78, 5) is 11.9. The van der Waals surface area contributed by atoms with E-state index in [1.807, 2.05) is 6.08 Å². The zero-order valence-corrected chi connectivity index (χ0v) is 25.2. The average molecular weight is 517 g/mol. The van der Waals surface area contributed by atoms with Gasteiger partial charge < -0.3 is 4.48 Å². The van der Waals surface area contributed by atoms with Crippen LogP contribution in [0.1, 0.15) is 141 Å². The minimum Gasteiger partial charge on any atom is -0.324 e. The van der Waals surface area contributed by atoms with Crippen LogP contribution in [-0.4, -0.2) is 37.8 Å². The first kappa shape index (κ1) is 33.9. The van der Waals surface area contributed by atoms with E-state index in [1.165, 1.54) is 115 Å². The summed E-state index contributed by atoms with van der Waals surface area (Å²) >= 11 is 0. The zero-order valence-electron chi connectivity index (χ0n) is 25.2. The van der Waals surface area contributed by atoms with Crippen LogP contribution in [0.2, 0.25) is 0 Å². The Labute approximate surface area is 231 Å². The van der Waals surface area contributed by atoms with Gasteiger partial charge in [-0.05, 0) is 44.6 Å². The smallest absolute Gasteiger partial charge is 0.169 e. The minimum atomic E-state index is -0.0517. The molecule has 0 saturated carbocycles. The van der Waals surface area contributed by atoms with Crippen LogP contribution < -0.4 is 0 Å². The second-order valence-corrected chi connectivity index (χ2v) is 11.7. The number of nitrogens with zero attached hydrogens (tertiary/aromatic N) is 1. The van der Waals surface area contributed by atoms with E-state index >= 15 is 0 Å². The molecule has 1 aromatic carbocycles. The molecule has 1 unspecified atom stereocenters. The van der Waals surface area contributed by atoms with Crippen molar-refractivity contribution in [3.05, 3.63) is 48.6 Å². The molecule has 0 radical (unpaired) electrons. The third-order valence-electron chi connectivity index (χ3n) is 8.06. The van der Waals surface area contributed by atoms with Crippen molar-refractivity contribution < 1.29 is 14.3 Å². The molecule has 214 valence electrons. The lowest BCUT2D eigenvalue weighted by atomic mass is 10.0. The fourth-order valence-corrected chi connectivity index (χ4v) is 5.09. The topological polar surface area (TPSA) is 18.5 Å². The number of benzene rings is 1. The van der Waals surface area contributed by atoms with Gasteiger partial charge in [0.2, 0.25) is 0 Å². The molecule has 1 aromatic rings. The normalized spacial score (nSPS) is 13.5. The Bertz CT molecular complexity index is 630. The van der Waals surface area contributed by atoms with E-state index in [2.05, 4.69) is 64.9 Å². The standard InChI is InChI=1S/C34H62NO2/c1-6-8-10-12-14-16-17-19-21-26-30-35(4,5)32(3)34(33-28-24-23-25-29-33)37-36-31-27-22-20-18-15-13-11-9-7-2/h7,23-25,28-29,32,34H,2,6,8-22,26-27,30-31H2,1,3-5H3/q+1/t32?,34-/m0/s1. The Balaban J connectivity index is 2.34. The number of hydrogen-bond acceptors (Lipinski definition) is 2. The van der Waals surface area contributed by atoms with E-state index in [0.717, 1.165) is 17.3 Å². The van der Waals surface area contributed by atoms with Crippen LogP contribution in [0.25, 0.3) is 0 Å². The molecule has 3 heteroatoms. The average Bonchev–Trinajstić information content (AvgIpc) is 2.90. The quantitative estimate of drug-likeness (QED) is 0.0401. The van der Waals surface area contributed by atoms with Gasteiger partial charge in [0.1, 0.15) is 6.04 Å². The molecule has 0 aliphatic carbocycles. The molecule has 1 rings (SSSR count). The van der Waals surface area contributed by atoms with Gasteiger partial charge in [-0.25, -0.2) is 9.78 Å². The molecule has 0 bridgehead atoms. The van der Waals surface area contributed by atoms with Crippen LogP contribution in [0.15, 0.2) is 43.0 Å². The van der Waals surface area contributed by atoms with E-state index in [0.29, 0.717) is 12.6 Å². The first-order chi connectivity index (χ1) is 18.0. The summed E-state index contributed by atoms with van der Waals surface area (Å²) in [6, 6.07) is 11.0. The third-order valence-corrected chi connectivity index (χ3v) is 8.06. The number of allylic oxidation sites excluding steroid dienone is 1. The van der Waals surface area contributed by atoms with Gasteiger partial charge in [-0.3, -0.25) is 0 Å². The highest BCUT2D eigenvalue weighted by molar-refractivity contribution is 5.18. The van der Waals surface area contributed by atoms with Crippen LogP contribution in [-0.2, 0) is 9.78 Å². The van der Waals surface area contributed by atoms with Crippen molar-refractivity contribution in [2.75, 3.05) is 27.2 Å². The fraction of sp³-hybridized carbons (Fsp3) is 0.765. The fourth-order valence-electron chi connectivity index (χ4n) is 5.09. The molecule has 0 saturated heterocycles. The molecule has 2 atom stereocenters. The zero-order chi connectivity index (χ0) is 27.0. The number of unbranched alkanes of at least 4 members (excludes halogenated alkanes) is 16. The van der Waals surface area contributed by atoms with Gasteiger partial charge in [0.05, 0.1) is 27.2 Å². The minimum absolute atomic E-state index is 0.0517. The summed E-state index contributed by atoms with van der Waals surface area (Å²) in [5, 5.41) is 0. The van der Waals surface area contributed by atoms with Gasteiger partial charge in [0.25, 0.3) is 0 Å². The van der Waals surface area contributed by atoms with Gasteiger partial charge in [-0.2, -0.15) is 0 Å². The number of hydrogen-bond donors (Lipinski definition) is 0. The maximum atomic E-state index is 6.12. The van der Waals surface area contributed by atoms with Gasteiger partial charge in [-0.1, -0.05) is 127 Å². The second kappa shape index (κ2) is 22.8. The predicted molar refractivity (Wildman–Crippen MR) is 162 cm³/mol. The second-order valence-electron chi connectivity index (χ2n) is 11.7. The maximum absolute atomic E-state index is 6.12. The van der Waals surface area contributed by atoms with E-state index < -0.39 is 0 Å². The summed E-state index contributed by atoms with van der Waals surface area (Å²) in [6.45, 7) is 10.3. The number of quaternary nitrogens is 1. The van der Waals surface area contributed by atoms with Crippen molar-refractivity contribution in [3.63, 3.8) is 0 Å². The van der Waals surface area contributed by atoms with Crippen LogP contribution in [0.4, 0.5) is 0 Å². The van der Waals surface area contributed by atoms with Crippen molar-refractivity contribution in [2.24, 2.45) is 0 Å². The highest BCUT2D eigenvalue weighted by atomic mass is 17.2. The molecular weight excluding hydrogens is 454 g/mol. The molecule has 0 fully saturated rings. The molecular formula is C34H62NO2+. The number of likely N-dealkylation sites (N-methyl/N-ethyl adjacent to an activating group) is 1. The van der Waals surface area contributed by atoms with Crippen molar-refractivity contribution in [1.82, 2.24) is 0 Å². The molecule has 0 aliphatic rings. The summed E-state index contributed by atoms with van der Waals surface area (Å²) < 4.78 is 0.950. The third kappa shape index (κ3) is 17.1. The highest BCUT2D eigenvalue weighted by Gasteiger charge is 2.34. The summed E-state index contributed by atoms with van der Waals surface area (Å²) in [5.41, 5.74) is 1.21. The van der Waals surface area contributed by atoms with Crippen molar-refractivity contribution >= 4 is 0 Å². The lowest BCUT2D eigenvalue weighted by molar-refractivity contribution is -0.919. The van der Waals surface area contributed by atoms with Gasteiger partial charge in [0.15, 0.2) is 6.10 Å². The summed E-state index contributed by atoms with van der Waals surface area (Å²) in [5.74, 6) is 0. The van der Waals surface area contributed by atoms with Crippen molar-refractivity contribution in [2.45, 2.75) is 142 Å². The van der Waals surface area contributed by atoms with E-state index in [4.69, 9.17) is 9.78 Å². The van der Waals surface area contributed by atoms with Gasteiger partial charge >= 0.3 is 0 Å². The Morgan fingerprint density at radius 2 is 1.24 bits per heavy atom. The largest absolute Gasteiger partial charge is 0.324 e. The lowest BCUT2D eigenvalue weighted by Gasteiger charge is -2.39. The Hall–Kier alpha value is -1.16. The first-order valence-electron chi connectivity index (χ1n) is 15.8. The van der Waals surface area contributed by atoms with Crippen LogP contribution in [0.5, 0.6) is 0 Å². The Morgan fingerprint density at radius 1 is 0.730 bits per heavy atom. The summed E-state index contributed by atoms with van der Waals surface area (Å²) in [6.07, 6.45) is 25.8. The molecule has 0 amide bonds. The van der Waals surface area contributed by atoms with E-state index in [9.17, 15) is 0 Å². The molecule has 3 nitrogen and oxygen atoms in total. The Kier molecular flexibility index (Phi) is 20.9. The van der Waals surface area contributed by atoms with Gasteiger partial charge in [-0.15, -0.1) is 6.58 Å². The van der Waals surface area contributed by atoms with Gasteiger partial charge in [0, 0.05) is 0 Å². The molecule has 37 heavy (non-hydrogen) atoms. The van der Waals surface area contributed by atoms with Crippen LogP contribution in [0.3, 0.4) is 0 Å². The maximum Gasteiger partial charge on any atom is 0.169 e. The van der Waals surface area contributed by atoms with Crippen molar-refractivity contribution in [1.29, 1.82) is 0 Å². The summed E-state index contributed by atoms with van der Waals surface area (Å²) in [7, 11) is 4.71. The molecule has 0 spiro atoms. The monoisotopic (exact) mass is 516 g/mol. The van der Waals surface area contributed by atoms with E-state index in [-0.39, 0.29) is 6.10 Å². The molecule has 0 heterocycles. The highest BCUT2D eigenvalue weighted by Crippen LogP contribution is 2.28. The van der Waals surface area contributed by atoms with E-state index in [1.54, 1.807) is 0 Å². The van der Waals surface area contributed by atoms with Crippen molar-refractivity contribution in [3.8, 4) is 0 Å². The Morgan fingerprint density at radius 3 is 1.81 bits per heavy atom. The SMILES string of the molecule is C=CCCCCCCCCCOO[C@H](c1ccccc1)C(C)[N+](C)(C)CCCCCCCCCCCC. The lowest BCUT2D eigenvalue weighted by Crippen LogP contribution is -2.51. The molecule has 0 N–H and O–H groups in total.